The van der Waals surface area contributed by atoms with E-state index in [1.807, 2.05) is 19.9 Å². The third kappa shape index (κ3) is 6.85. The van der Waals surface area contributed by atoms with Gasteiger partial charge in [-0.15, -0.1) is 0 Å². The fourth-order valence-electron chi connectivity index (χ4n) is 7.02. The molecule has 1 aliphatic heterocycles. The molecule has 3 heterocycles. The molecule has 1 amide bonds. The molecule has 1 aliphatic carbocycles. The summed E-state index contributed by atoms with van der Waals surface area (Å²) in [5.41, 5.74) is 4.84. The normalized spacial score (nSPS) is 18.8. The van der Waals surface area contributed by atoms with E-state index in [2.05, 4.69) is 51.5 Å². The van der Waals surface area contributed by atoms with Crippen molar-refractivity contribution in [2.24, 2.45) is 0 Å². The van der Waals surface area contributed by atoms with Gasteiger partial charge in [0.25, 0.3) is 5.56 Å². The Morgan fingerprint density at radius 1 is 1.06 bits per heavy atom. The van der Waals surface area contributed by atoms with Gasteiger partial charge in [-0.05, 0) is 88.4 Å². The number of nitrogens with one attached hydrogen (secondary N) is 2. The summed E-state index contributed by atoms with van der Waals surface area (Å²) in [5, 5.41) is 7.12. The molecule has 47 heavy (non-hydrogen) atoms. The van der Waals surface area contributed by atoms with Crippen LogP contribution in [0.5, 0.6) is 0 Å². The van der Waals surface area contributed by atoms with Crippen molar-refractivity contribution in [3.05, 3.63) is 74.9 Å². The molecule has 2 aromatic heterocycles. The second-order valence-electron chi connectivity index (χ2n) is 12.9. The number of carbonyl (C=O) groups excluding carboxylic acids is 1. The van der Waals surface area contributed by atoms with Crippen molar-refractivity contribution in [3.8, 4) is 11.1 Å². The number of hydrogen-bond donors (Lipinski definition) is 2. The zero-order chi connectivity index (χ0) is 33.2. The fraction of sp³-hybridized carbons (Fsp3) is 0.444. The van der Waals surface area contributed by atoms with E-state index in [4.69, 9.17) is 16.6 Å². The molecule has 2 aromatic carbocycles. The minimum atomic E-state index is -0.581. The molecule has 0 atom stereocenters. The molecule has 0 spiro atoms. The molecule has 6 rings (SSSR count). The zero-order valence-electron chi connectivity index (χ0n) is 27.6. The van der Waals surface area contributed by atoms with E-state index < -0.39 is 5.82 Å². The average Bonchev–Trinajstić information content (AvgIpc) is 3.04. The topological polar surface area (TPSA) is 95.4 Å². The number of carbonyl (C=O) groups is 1. The predicted molar refractivity (Wildman–Crippen MR) is 187 cm³/mol. The van der Waals surface area contributed by atoms with E-state index in [1.165, 1.54) is 11.8 Å². The SMILES string of the molecule is CCCC(=O)N[C@H]1CC[C@@H](n2c(=O)c(-c3cccc(F)c3Cl)c(C)c3cnc(Nc4ccc(N5CCN(C)CC5)c(C)c4)nc32)CC1. The Kier molecular flexibility index (Phi) is 9.80. The van der Waals surface area contributed by atoms with Gasteiger partial charge in [0.05, 0.1) is 10.6 Å². The van der Waals surface area contributed by atoms with Crippen LogP contribution in [0.25, 0.3) is 22.2 Å². The number of halogens is 2. The standard InChI is InChI=1S/C36H43ClFN7O2/c1-5-7-31(46)40-24-10-13-26(14-11-24)45-34-28(23(3)32(35(45)47)27-8-6-9-29(38)33(27)37)21-39-36(42-34)41-25-12-15-30(22(2)20-25)44-18-16-43(4)17-19-44/h6,8-9,12,15,20-21,24,26H,5,7,10-11,13-14,16-19H2,1-4H3,(H,40,46)(H,39,41,42)/t24-,26+. The number of likely N-dealkylation sites (N-methyl/N-ethyl adjacent to an activating group) is 1. The third-order valence-electron chi connectivity index (χ3n) is 9.63. The maximum absolute atomic E-state index is 14.6. The summed E-state index contributed by atoms with van der Waals surface area (Å²) < 4.78 is 16.4. The monoisotopic (exact) mass is 659 g/mol. The Morgan fingerprint density at radius 3 is 2.51 bits per heavy atom. The van der Waals surface area contributed by atoms with E-state index in [0.717, 1.165) is 56.7 Å². The van der Waals surface area contributed by atoms with Gasteiger partial charge in [0.2, 0.25) is 11.9 Å². The number of benzene rings is 2. The highest BCUT2D eigenvalue weighted by molar-refractivity contribution is 6.33. The lowest BCUT2D eigenvalue weighted by atomic mass is 9.90. The summed E-state index contributed by atoms with van der Waals surface area (Å²) in [6, 6.07) is 10.7. The lowest BCUT2D eigenvalue weighted by Gasteiger charge is -2.35. The molecule has 4 aromatic rings. The van der Waals surface area contributed by atoms with E-state index in [1.54, 1.807) is 22.9 Å². The average molecular weight is 660 g/mol. The first-order chi connectivity index (χ1) is 22.6. The smallest absolute Gasteiger partial charge is 0.260 e. The number of amides is 1. The molecule has 1 saturated carbocycles. The maximum atomic E-state index is 14.6. The van der Waals surface area contributed by atoms with Crippen LogP contribution >= 0.6 is 11.6 Å². The first-order valence-corrected chi connectivity index (χ1v) is 17.0. The second-order valence-corrected chi connectivity index (χ2v) is 13.3. The Labute approximate surface area is 280 Å². The van der Waals surface area contributed by atoms with E-state index in [0.29, 0.717) is 52.9 Å². The fourth-order valence-corrected chi connectivity index (χ4v) is 7.24. The van der Waals surface area contributed by atoms with Crippen LogP contribution in [0.4, 0.5) is 21.7 Å². The molecular weight excluding hydrogens is 617 g/mol. The molecule has 2 fully saturated rings. The highest BCUT2D eigenvalue weighted by Crippen LogP contribution is 2.36. The lowest BCUT2D eigenvalue weighted by Crippen LogP contribution is -2.44. The van der Waals surface area contributed by atoms with Crippen LogP contribution in [0.1, 0.15) is 62.6 Å². The van der Waals surface area contributed by atoms with Crippen LogP contribution in [-0.4, -0.2) is 64.6 Å². The Balaban J connectivity index is 1.37. The van der Waals surface area contributed by atoms with Crippen LogP contribution in [-0.2, 0) is 4.79 Å². The molecule has 248 valence electrons. The number of rotatable bonds is 8. The lowest BCUT2D eigenvalue weighted by molar-refractivity contribution is -0.122. The molecule has 2 N–H and O–H groups in total. The number of piperazine rings is 1. The first-order valence-electron chi connectivity index (χ1n) is 16.6. The zero-order valence-corrected chi connectivity index (χ0v) is 28.3. The van der Waals surface area contributed by atoms with Gasteiger partial charge in [-0.2, -0.15) is 4.98 Å². The summed E-state index contributed by atoms with van der Waals surface area (Å²) in [7, 11) is 2.15. The van der Waals surface area contributed by atoms with Crippen molar-refractivity contribution >= 4 is 45.9 Å². The quantitative estimate of drug-likeness (QED) is 0.216. The summed E-state index contributed by atoms with van der Waals surface area (Å²) in [5.74, 6) is -0.135. The molecule has 0 bridgehead atoms. The van der Waals surface area contributed by atoms with Crippen molar-refractivity contribution in [1.82, 2.24) is 24.8 Å². The van der Waals surface area contributed by atoms with Gasteiger partial charge in [-0.25, -0.2) is 9.37 Å². The number of hydrogen-bond acceptors (Lipinski definition) is 7. The Bertz CT molecular complexity index is 1850. The molecule has 0 radical (unpaired) electrons. The molecule has 0 unspecified atom stereocenters. The van der Waals surface area contributed by atoms with Crippen molar-refractivity contribution in [2.75, 3.05) is 43.4 Å². The largest absolute Gasteiger partial charge is 0.369 e. The summed E-state index contributed by atoms with van der Waals surface area (Å²) >= 11 is 6.44. The van der Waals surface area contributed by atoms with Crippen LogP contribution < -0.4 is 21.1 Å². The summed E-state index contributed by atoms with van der Waals surface area (Å²) in [4.78, 5) is 41.1. The Hall–Kier alpha value is -4.02. The van der Waals surface area contributed by atoms with Gasteiger partial charge in [-0.1, -0.05) is 30.7 Å². The minimum Gasteiger partial charge on any atom is -0.369 e. The van der Waals surface area contributed by atoms with Gasteiger partial charge in [0.1, 0.15) is 11.5 Å². The molecule has 9 nitrogen and oxygen atoms in total. The minimum absolute atomic E-state index is 0.0622. The van der Waals surface area contributed by atoms with Crippen molar-refractivity contribution in [2.45, 2.75) is 71.4 Å². The number of aromatic nitrogens is 3. The number of pyridine rings is 1. The van der Waals surface area contributed by atoms with Gasteiger partial charge in [0.15, 0.2) is 0 Å². The predicted octanol–water partition coefficient (Wildman–Crippen LogP) is 6.76. The molecule has 11 heteroatoms. The molecular formula is C36H43ClFN7O2. The first kappa shape index (κ1) is 32.9. The molecule has 1 saturated heterocycles. The van der Waals surface area contributed by atoms with E-state index >= 15 is 0 Å². The van der Waals surface area contributed by atoms with Crippen LogP contribution in [0.2, 0.25) is 5.02 Å². The number of anilines is 3. The Morgan fingerprint density at radius 2 is 1.81 bits per heavy atom. The summed E-state index contributed by atoms with van der Waals surface area (Å²) in [6.45, 7) is 9.99. The van der Waals surface area contributed by atoms with Crippen molar-refractivity contribution < 1.29 is 9.18 Å². The van der Waals surface area contributed by atoms with Crippen molar-refractivity contribution in [1.29, 1.82) is 0 Å². The number of nitrogens with zero attached hydrogens (tertiary/aromatic N) is 5. The van der Waals surface area contributed by atoms with E-state index in [9.17, 15) is 14.0 Å². The highest BCUT2D eigenvalue weighted by Gasteiger charge is 2.29. The van der Waals surface area contributed by atoms with Crippen molar-refractivity contribution in [3.63, 3.8) is 0 Å². The maximum Gasteiger partial charge on any atom is 0.260 e. The second kappa shape index (κ2) is 14.0. The van der Waals surface area contributed by atoms with Crippen LogP contribution in [0, 0.1) is 19.7 Å². The molecule has 2 aliphatic rings. The van der Waals surface area contributed by atoms with Gasteiger partial charge >= 0.3 is 0 Å². The van der Waals surface area contributed by atoms with Crippen LogP contribution in [0.15, 0.2) is 47.4 Å². The van der Waals surface area contributed by atoms with Crippen LogP contribution in [0.3, 0.4) is 0 Å². The number of fused-ring (bicyclic) bond motifs is 1. The van der Waals surface area contributed by atoms with E-state index in [-0.39, 0.29) is 28.6 Å². The van der Waals surface area contributed by atoms with Gasteiger partial charge in [-0.3, -0.25) is 14.2 Å². The third-order valence-corrected chi connectivity index (χ3v) is 10.0. The summed E-state index contributed by atoms with van der Waals surface area (Å²) in [6.07, 6.45) is 5.89. The van der Waals surface area contributed by atoms with Gasteiger partial charge in [0, 0.05) is 73.2 Å². The number of aryl methyl sites for hydroxylation is 2. The van der Waals surface area contributed by atoms with Gasteiger partial charge < -0.3 is 20.4 Å². The highest BCUT2D eigenvalue weighted by atomic mass is 35.5.